The van der Waals surface area contributed by atoms with Crippen molar-refractivity contribution < 1.29 is 0 Å². The molecule has 0 amide bonds. The Morgan fingerprint density at radius 2 is 2.00 bits per heavy atom. The van der Waals surface area contributed by atoms with E-state index in [2.05, 4.69) is 4.98 Å². The first-order valence-corrected chi connectivity index (χ1v) is 5.25. The summed E-state index contributed by atoms with van der Waals surface area (Å²) >= 11 is 5.83. The molecule has 17 heavy (non-hydrogen) atoms. The van der Waals surface area contributed by atoms with Gasteiger partial charge in [-0.15, -0.1) is 0 Å². The molecule has 0 saturated carbocycles. The number of hydrogen-bond donors (Lipinski definition) is 2. The predicted octanol–water partition coefficient (Wildman–Crippen LogP) is 1.07. The number of aryl methyl sites for hydroxylation is 1. The molecule has 0 aliphatic carbocycles. The molecular formula is C11H10ClN3O2. The van der Waals surface area contributed by atoms with Crippen LogP contribution in [0, 0.1) is 6.92 Å². The standard InChI is InChI=1S/C11H10ClN3O2/c1-6-4-7(12)2-3-8(6)15-9(13)5-10(16)14-11(15)17/h2-5H,13H2,1H3,(H,14,16,17). The number of halogens is 1. The number of nitrogens with one attached hydrogen (secondary N) is 1. The van der Waals surface area contributed by atoms with Gasteiger partial charge in [0.25, 0.3) is 5.56 Å². The first-order chi connectivity index (χ1) is 7.99. The van der Waals surface area contributed by atoms with Gasteiger partial charge in [0.2, 0.25) is 0 Å². The lowest BCUT2D eigenvalue weighted by Crippen LogP contribution is -2.30. The third-order valence-electron chi connectivity index (χ3n) is 2.37. The quantitative estimate of drug-likeness (QED) is 0.796. The number of H-pyrrole nitrogens is 1. The topological polar surface area (TPSA) is 80.9 Å². The van der Waals surface area contributed by atoms with E-state index in [-0.39, 0.29) is 5.82 Å². The normalized spacial score (nSPS) is 10.5. The molecule has 0 radical (unpaired) electrons. The molecule has 88 valence electrons. The van der Waals surface area contributed by atoms with Crippen LogP contribution < -0.4 is 17.0 Å². The maximum Gasteiger partial charge on any atom is 0.334 e. The Kier molecular flexibility index (Phi) is 2.77. The minimum atomic E-state index is -0.569. The number of anilines is 1. The fourth-order valence-electron chi connectivity index (χ4n) is 1.63. The van der Waals surface area contributed by atoms with Crippen LogP contribution in [0.25, 0.3) is 5.69 Å². The number of nitrogens with two attached hydrogens (primary N) is 1. The van der Waals surface area contributed by atoms with E-state index in [9.17, 15) is 9.59 Å². The Morgan fingerprint density at radius 3 is 2.59 bits per heavy atom. The molecule has 2 rings (SSSR count). The van der Waals surface area contributed by atoms with Crippen LogP contribution in [0.5, 0.6) is 0 Å². The van der Waals surface area contributed by atoms with Crippen molar-refractivity contribution in [2.75, 3.05) is 5.73 Å². The van der Waals surface area contributed by atoms with E-state index in [4.69, 9.17) is 17.3 Å². The Morgan fingerprint density at radius 1 is 1.29 bits per heavy atom. The van der Waals surface area contributed by atoms with Gasteiger partial charge in [-0.2, -0.15) is 0 Å². The minimum absolute atomic E-state index is 0.0872. The number of nitrogen functional groups attached to an aromatic ring is 1. The van der Waals surface area contributed by atoms with E-state index in [1.54, 1.807) is 25.1 Å². The zero-order valence-electron chi connectivity index (χ0n) is 9.03. The summed E-state index contributed by atoms with van der Waals surface area (Å²) in [4.78, 5) is 24.9. The molecular weight excluding hydrogens is 242 g/mol. The number of hydrogen-bond acceptors (Lipinski definition) is 3. The highest BCUT2D eigenvalue weighted by molar-refractivity contribution is 6.30. The molecule has 0 fully saturated rings. The van der Waals surface area contributed by atoms with Gasteiger partial charge in [-0.25, -0.2) is 9.36 Å². The van der Waals surface area contributed by atoms with Crippen LogP contribution in [0.15, 0.2) is 33.9 Å². The van der Waals surface area contributed by atoms with Gasteiger partial charge in [0.15, 0.2) is 0 Å². The van der Waals surface area contributed by atoms with E-state index in [0.717, 1.165) is 11.6 Å². The molecule has 1 aromatic carbocycles. The van der Waals surface area contributed by atoms with Gasteiger partial charge < -0.3 is 5.73 Å². The molecule has 0 aliphatic rings. The SMILES string of the molecule is Cc1cc(Cl)ccc1-n1c(N)cc(=O)[nH]c1=O. The largest absolute Gasteiger partial charge is 0.385 e. The average Bonchev–Trinajstić information content (AvgIpc) is 2.19. The lowest BCUT2D eigenvalue weighted by Gasteiger charge is -2.11. The van der Waals surface area contributed by atoms with E-state index in [1.807, 2.05) is 0 Å². The summed E-state index contributed by atoms with van der Waals surface area (Å²) in [6, 6.07) is 6.21. The highest BCUT2D eigenvalue weighted by Crippen LogP contribution is 2.18. The number of aromatic nitrogens is 2. The molecule has 0 aliphatic heterocycles. The zero-order valence-corrected chi connectivity index (χ0v) is 9.78. The smallest absolute Gasteiger partial charge is 0.334 e. The number of nitrogens with zero attached hydrogens (tertiary/aromatic N) is 1. The molecule has 1 heterocycles. The van der Waals surface area contributed by atoms with Crippen molar-refractivity contribution in [1.82, 2.24) is 9.55 Å². The van der Waals surface area contributed by atoms with Crippen LogP contribution in [0.4, 0.5) is 5.82 Å². The molecule has 5 nitrogen and oxygen atoms in total. The van der Waals surface area contributed by atoms with Crippen molar-refractivity contribution in [2.45, 2.75) is 6.92 Å². The molecule has 2 aromatic rings. The fourth-order valence-corrected chi connectivity index (χ4v) is 1.86. The molecule has 3 N–H and O–H groups in total. The Bertz CT molecular complexity index is 688. The second-order valence-corrected chi connectivity index (χ2v) is 4.07. The Balaban J connectivity index is 2.77. The van der Waals surface area contributed by atoms with Crippen LogP contribution >= 0.6 is 11.6 Å². The van der Waals surface area contributed by atoms with Crippen molar-refractivity contribution in [2.24, 2.45) is 0 Å². The minimum Gasteiger partial charge on any atom is -0.385 e. The first-order valence-electron chi connectivity index (χ1n) is 4.87. The van der Waals surface area contributed by atoms with E-state index >= 15 is 0 Å². The predicted molar refractivity (Wildman–Crippen MR) is 66.8 cm³/mol. The second-order valence-electron chi connectivity index (χ2n) is 3.63. The van der Waals surface area contributed by atoms with Gasteiger partial charge in [-0.1, -0.05) is 11.6 Å². The van der Waals surface area contributed by atoms with E-state index in [1.165, 1.54) is 4.57 Å². The maximum absolute atomic E-state index is 11.7. The third-order valence-corrected chi connectivity index (χ3v) is 2.61. The summed E-state index contributed by atoms with van der Waals surface area (Å²) < 4.78 is 1.23. The van der Waals surface area contributed by atoms with Crippen molar-refractivity contribution in [3.8, 4) is 5.69 Å². The summed E-state index contributed by atoms with van der Waals surface area (Å²) in [6.07, 6.45) is 0. The zero-order chi connectivity index (χ0) is 12.6. The van der Waals surface area contributed by atoms with Gasteiger partial charge in [0.05, 0.1) is 5.69 Å². The molecule has 0 atom stereocenters. The van der Waals surface area contributed by atoms with E-state index < -0.39 is 11.2 Å². The van der Waals surface area contributed by atoms with Crippen molar-refractivity contribution in [1.29, 1.82) is 0 Å². The Hall–Kier alpha value is -2.01. The summed E-state index contributed by atoms with van der Waals surface area (Å²) in [7, 11) is 0. The summed E-state index contributed by atoms with van der Waals surface area (Å²) in [5, 5.41) is 0.572. The molecule has 0 bridgehead atoms. The third kappa shape index (κ3) is 2.09. The second kappa shape index (κ2) is 4.10. The van der Waals surface area contributed by atoms with Gasteiger partial charge in [0, 0.05) is 11.1 Å². The molecule has 0 spiro atoms. The summed E-state index contributed by atoms with van der Waals surface area (Å²) in [5.74, 6) is 0.0872. The number of rotatable bonds is 1. The Labute approximate surface area is 101 Å². The van der Waals surface area contributed by atoms with Crippen LogP contribution in [0.2, 0.25) is 5.02 Å². The van der Waals surface area contributed by atoms with Crippen LogP contribution in [-0.2, 0) is 0 Å². The molecule has 6 heteroatoms. The fraction of sp³-hybridized carbons (Fsp3) is 0.0909. The average molecular weight is 252 g/mol. The van der Waals surface area contributed by atoms with Crippen molar-refractivity contribution in [3.63, 3.8) is 0 Å². The first kappa shape index (κ1) is 11.5. The summed E-state index contributed by atoms with van der Waals surface area (Å²) in [6.45, 7) is 1.80. The highest BCUT2D eigenvalue weighted by Gasteiger charge is 2.08. The van der Waals surface area contributed by atoms with Crippen LogP contribution in [0.1, 0.15) is 5.56 Å². The van der Waals surface area contributed by atoms with Crippen LogP contribution in [0.3, 0.4) is 0 Å². The van der Waals surface area contributed by atoms with Crippen molar-refractivity contribution >= 4 is 17.4 Å². The van der Waals surface area contributed by atoms with E-state index in [0.29, 0.717) is 10.7 Å². The highest BCUT2D eigenvalue weighted by atomic mass is 35.5. The van der Waals surface area contributed by atoms with Gasteiger partial charge in [-0.3, -0.25) is 9.78 Å². The number of aromatic amines is 1. The lowest BCUT2D eigenvalue weighted by molar-refractivity contribution is 0.902. The molecule has 0 unspecified atom stereocenters. The monoisotopic (exact) mass is 251 g/mol. The van der Waals surface area contributed by atoms with Gasteiger partial charge in [0.1, 0.15) is 5.82 Å². The summed E-state index contributed by atoms with van der Waals surface area (Å²) in [5.41, 5.74) is 5.96. The lowest BCUT2D eigenvalue weighted by atomic mass is 10.2. The number of benzene rings is 1. The van der Waals surface area contributed by atoms with Gasteiger partial charge >= 0.3 is 5.69 Å². The maximum atomic E-state index is 11.7. The molecule has 0 saturated heterocycles. The van der Waals surface area contributed by atoms with Crippen molar-refractivity contribution in [3.05, 3.63) is 55.7 Å². The van der Waals surface area contributed by atoms with Crippen LogP contribution in [-0.4, -0.2) is 9.55 Å². The van der Waals surface area contributed by atoms with Gasteiger partial charge in [-0.05, 0) is 30.7 Å². The molecule has 1 aromatic heterocycles.